The third kappa shape index (κ3) is 6.75. The van der Waals surface area contributed by atoms with Crippen molar-refractivity contribution >= 4 is 40.5 Å². The fraction of sp³-hybridized carbons (Fsp3) is 0.318. The number of benzene rings is 1. The van der Waals surface area contributed by atoms with Crippen LogP contribution in [0.1, 0.15) is 49.7 Å². The predicted octanol–water partition coefficient (Wildman–Crippen LogP) is 5.23. The van der Waals surface area contributed by atoms with E-state index in [4.69, 9.17) is 28.9 Å². The van der Waals surface area contributed by atoms with Gasteiger partial charge >= 0.3 is 0 Å². The average molecular weight is 448 g/mol. The van der Waals surface area contributed by atoms with Crippen LogP contribution in [0.4, 0.5) is 0 Å². The first kappa shape index (κ1) is 23.7. The minimum atomic E-state index is -0.175. The predicted molar refractivity (Wildman–Crippen MR) is 125 cm³/mol. The van der Waals surface area contributed by atoms with Crippen LogP contribution in [0.25, 0.3) is 5.70 Å². The van der Waals surface area contributed by atoms with Gasteiger partial charge < -0.3 is 11.1 Å². The Labute approximate surface area is 187 Å². The Hall–Kier alpha value is -2.57. The molecule has 2 aromatic rings. The number of Topliss-reactive ketones (excluding diaryl/α,β-unsaturated/α-hetero) is 1. The lowest BCUT2D eigenvalue weighted by atomic mass is 10.00. The molecule has 0 fully saturated rings. The van der Waals surface area contributed by atoms with E-state index in [2.05, 4.69) is 34.4 Å². The van der Waals surface area contributed by atoms with Crippen molar-refractivity contribution in [3.63, 3.8) is 0 Å². The van der Waals surface area contributed by atoms with Crippen molar-refractivity contribution in [3.05, 3.63) is 69.6 Å². The van der Waals surface area contributed by atoms with Gasteiger partial charge in [-0.25, -0.2) is 4.99 Å². The number of H-pyrrole nitrogens is 1. The largest absolute Gasteiger partial charge is 0.391 e. The summed E-state index contributed by atoms with van der Waals surface area (Å²) in [5.41, 5.74) is 8.08. The number of aromatic nitrogens is 2. The topological polar surface area (TPSA) is 96.2 Å². The number of hydrogen-bond donors (Lipinski definition) is 3. The summed E-state index contributed by atoms with van der Waals surface area (Å²) in [6, 6.07) is 6.78. The van der Waals surface area contributed by atoms with E-state index in [1.165, 1.54) is 0 Å². The first-order valence-electron chi connectivity index (χ1n) is 9.74. The zero-order chi connectivity index (χ0) is 22.1. The van der Waals surface area contributed by atoms with Gasteiger partial charge in [0.1, 0.15) is 0 Å². The molecule has 0 unspecified atom stereocenters. The Balaban J connectivity index is 2.44. The van der Waals surface area contributed by atoms with E-state index in [9.17, 15) is 4.79 Å². The van der Waals surface area contributed by atoms with Crippen molar-refractivity contribution < 1.29 is 4.79 Å². The molecule has 0 bridgehead atoms. The molecular weight excluding hydrogens is 421 g/mol. The van der Waals surface area contributed by atoms with Crippen LogP contribution in [0, 0.1) is 5.92 Å². The highest BCUT2D eigenvalue weighted by atomic mass is 35.5. The SMILES string of the molecule is CC[C@@H](C)CN/C=C\C(CC(=O)c1cccc(Cl)c1Cl)=C(\N=C(C)N)c1ccn[nH]1. The molecule has 4 N–H and O–H groups in total. The van der Waals surface area contributed by atoms with Crippen LogP contribution in [0.3, 0.4) is 0 Å². The van der Waals surface area contributed by atoms with Gasteiger partial charge in [-0.1, -0.05) is 49.5 Å². The summed E-state index contributed by atoms with van der Waals surface area (Å²) in [6.45, 7) is 6.83. The minimum Gasteiger partial charge on any atom is -0.391 e. The normalized spacial score (nSPS) is 14.0. The van der Waals surface area contributed by atoms with Gasteiger partial charge in [0, 0.05) is 24.7 Å². The van der Waals surface area contributed by atoms with Crippen molar-refractivity contribution in [2.45, 2.75) is 33.6 Å². The number of amidine groups is 1. The Morgan fingerprint density at radius 2 is 2.13 bits per heavy atom. The van der Waals surface area contributed by atoms with E-state index in [0.717, 1.165) is 13.0 Å². The lowest BCUT2D eigenvalue weighted by Crippen LogP contribution is -2.15. The summed E-state index contributed by atoms with van der Waals surface area (Å²) in [5, 5.41) is 10.7. The van der Waals surface area contributed by atoms with Gasteiger partial charge in [-0.3, -0.25) is 9.89 Å². The first-order valence-corrected chi connectivity index (χ1v) is 10.5. The zero-order valence-electron chi connectivity index (χ0n) is 17.4. The average Bonchev–Trinajstić information content (AvgIpc) is 3.24. The molecule has 1 aromatic heterocycles. The number of aromatic amines is 1. The smallest absolute Gasteiger partial charge is 0.168 e. The maximum atomic E-state index is 13.0. The molecule has 1 heterocycles. The Morgan fingerprint density at radius 1 is 1.37 bits per heavy atom. The fourth-order valence-electron chi connectivity index (χ4n) is 2.65. The first-order chi connectivity index (χ1) is 14.3. The summed E-state index contributed by atoms with van der Waals surface area (Å²) < 4.78 is 0. The molecular formula is C22H27Cl2N5O. The van der Waals surface area contributed by atoms with Crippen LogP contribution in [-0.2, 0) is 0 Å². The second-order valence-electron chi connectivity index (χ2n) is 7.05. The van der Waals surface area contributed by atoms with Gasteiger partial charge in [0.2, 0.25) is 0 Å². The molecule has 1 aromatic carbocycles. The van der Waals surface area contributed by atoms with Crippen LogP contribution in [0.5, 0.6) is 0 Å². The summed E-state index contributed by atoms with van der Waals surface area (Å²) in [6.07, 6.45) is 6.42. The standard InChI is InChI=1S/C22H27Cl2N5O/c1-4-14(2)13-26-10-8-16(22(28-15(3)25)19-9-11-27-29-19)12-20(30)17-6-5-7-18(23)21(17)24/h5-11,14,26H,4,12-13H2,1-3H3,(H2,25,28)(H,27,29)/b10-8-,22-16-/t14-/m1/s1. The second kappa shape index (κ2) is 11.6. The highest BCUT2D eigenvalue weighted by Crippen LogP contribution is 2.29. The van der Waals surface area contributed by atoms with Gasteiger partial charge in [0.15, 0.2) is 5.78 Å². The molecule has 0 radical (unpaired) electrons. The number of nitrogens with zero attached hydrogens (tertiary/aromatic N) is 2. The molecule has 0 amide bonds. The number of rotatable bonds is 10. The van der Waals surface area contributed by atoms with Gasteiger partial charge in [0.05, 0.1) is 27.3 Å². The van der Waals surface area contributed by atoms with Crippen molar-refractivity contribution in [3.8, 4) is 0 Å². The Morgan fingerprint density at radius 3 is 2.77 bits per heavy atom. The molecule has 0 saturated heterocycles. The molecule has 0 aliphatic carbocycles. The molecule has 0 aliphatic rings. The van der Waals surface area contributed by atoms with Crippen LogP contribution in [-0.4, -0.2) is 28.4 Å². The molecule has 0 aliphatic heterocycles. The second-order valence-corrected chi connectivity index (χ2v) is 7.84. The van der Waals surface area contributed by atoms with Crippen LogP contribution >= 0.6 is 23.2 Å². The molecule has 30 heavy (non-hydrogen) atoms. The zero-order valence-corrected chi connectivity index (χ0v) is 18.9. The van der Waals surface area contributed by atoms with Gasteiger partial charge in [-0.05, 0) is 48.9 Å². The maximum absolute atomic E-state index is 13.0. The molecule has 1 atom stereocenters. The quantitative estimate of drug-likeness (QED) is 0.201. The highest BCUT2D eigenvalue weighted by Gasteiger charge is 2.17. The molecule has 8 heteroatoms. The van der Waals surface area contributed by atoms with Gasteiger partial charge in [-0.2, -0.15) is 5.10 Å². The summed E-state index contributed by atoms with van der Waals surface area (Å²) in [7, 11) is 0. The summed E-state index contributed by atoms with van der Waals surface area (Å²) in [4.78, 5) is 17.5. The number of carbonyl (C=O) groups excluding carboxylic acids is 1. The number of ketones is 1. The molecule has 6 nitrogen and oxygen atoms in total. The van der Waals surface area contributed by atoms with Crippen LogP contribution in [0.15, 0.2) is 53.3 Å². The van der Waals surface area contributed by atoms with Gasteiger partial charge in [-0.15, -0.1) is 0 Å². The maximum Gasteiger partial charge on any atom is 0.168 e. The van der Waals surface area contributed by atoms with Crippen molar-refractivity contribution in [2.75, 3.05) is 6.54 Å². The minimum absolute atomic E-state index is 0.0622. The highest BCUT2D eigenvalue weighted by molar-refractivity contribution is 6.44. The number of carbonyl (C=O) groups is 1. The van der Waals surface area contributed by atoms with E-state index >= 15 is 0 Å². The van der Waals surface area contributed by atoms with Gasteiger partial charge in [0.25, 0.3) is 0 Å². The van der Waals surface area contributed by atoms with E-state index in [-0.39, 0.29) is 17.2 Å². The van der Waals surface area contributed by atoms with E-state index in [0.29, 0.717) is 39.3 Å². The number of aliphatic imine (C=N–C) groups is 1. The number of nitrogens with one attached hydrogen (secondary N) is 2. The number of allylic oxidation sites excluding steroid dienone is 2. The van der Waals surface area contributed by atoms with Crippen LogP contribution in [0.2, 0.25) is 10.0 Å². The lowest BCUT2D eigenvalue weighted by molar-refractivity contribution is 0.0994. The van der Waals surface area contributed by atoms with E-state index in [1.54, 1.807) is 37.4 Å². The molecule has 0 saturated carbocycles. The number of nitrogens with two attached hydrogens (primary N) is 1. The Bertz CT molecular complexity index is 944. The number of hydrogen-bond acceptors (Lipinski definition) is 4. The van der Waals surface area contributed by atoms with Crippen molar-refractivity contribution in [1.82, 2.24) is 15.5 Å². The van der Waals surface area contributed by atoms with Crippen molar-refractivity contribution in [2.24, 2.45) is 16.6 Å². The van der Waals surface area contributed by atoms with E-state index in [1.807, 2.05) is 12.3 Å². The summed E-state index contributed by atoms with van der Waals surface area (Å²) >= 11 is 12.3. The number of halogens is 2. The third-order valence-corrected chi connectivity index (χ3v) is 5.34. The molecule has 160 valence electrons. The van der Waals surface area contributed by atoms with Crippen LogP contribution < -0.4 is 11.1 Å². The molecule has 0 spiro atoms. The Kier molecular flexibility index (Phi) is 9.15. The fourth-order valence-corrected chi connectivity index (χ4v) is 3.06. The molecule has 2 rings (SSSR count). The van der Waals surface area contributed by atoms with E-state index < -0.39 is 0 Å². The summed E-state index contributed by atoms with van der Waals surface area (Å²) in [5.74, 6) is 0.725. The third-order valence-electron chi connectivity index (χ3n) is 4.52. The lowest BCUT2D eigenvalue weighted by Gasteiger charge is -2.11. The monoisotopic (exact) mass is 447 g/mol. The van der Waals surface area contributed by atoms with Crippen molar-refractivity contribution in [1.29, 1.82) is 0 Å².